The molecule has 1 fully saturated rings. The SMILES string of the molecule is CC[C@@H]1Cn2c(C(=O)NC3CCN(Cc4ccccc4)CC3)cc3cccc(c32)O1. The van der Waals surface area contributed by atoms with Crippen LogP contribution >= 0.6 is 0 Å². The second kappa shape index (κ2) is 8.15. The zero-order valence-corrected chi connectivity index (χ0v) is 17.5. The zero-order chi connectivity index (χ0) is 20.5. The standard InChI is InChI=1S/C25H29N3O2/c1-2-21-17-28-22(15-19-9-6-10-23(30-21)24(19)28)25(29)26-20-11-13-27(14-12-20)16-18-7-4-3-5-8-18/h3-10,15,20-21H,2,11-14,16-17H2,1H3,(H,26,29)/t21-/m1/s1. The first-order valence-corrected chi connectivity index (χ1v) is 11.1. The second-order valence-electron chi connectivity index (χ2n) is 8.49. The van der Waals surface area contributed by atoms with Gasteiger partial charge in [-0.3, -0.25) is 9.69 Å². The molecule has 0 bridgehead atoms. The van der Waals surface area contributed by atoms with Crippen LogP contribution in [0.2, 0.25) is 0 Å². The molecule has 1 atom stereocenters. The number of benzene rings is 2. The predicted octanol–water partition coefficient (Wildman–Crippen LogP) is 4.21. The average molecular weight is 404 g/mol. The quantitative estimate of drug-likeness (QED) is 0.694. The van der Waals surface area contributed by atoms with Crippen LogP contribution in [0.15, 0.2) is 54.6 Å². The van der Waals surface area contributed by atoms with Crippen molar-refractivity contribution in [3.05, 3.63) is 65.9 Å². The Morgan fingerprint density at radius 2 is 1.90 bits per heavy atom. The van der Waals surface area contributed by atoms with Gasteiger partial charge in [-0.2, -0.15) is 0 Å². The first-order chi connectivity index (χ1) is 14.7. The van der Waals surface area contributed by atoms with E-state index in [2.05, 4.69) is 58.1 Å². The maximum Gasteiger partial charge on any atom is 0.268 e. The number of carbonyl (C=O) groups excluding carboxylic acids is 1. The third-order valence-corrected chi connectivity index (χ3v) is 6.42. The van der Waals surface area contributed by atoms with Crippen LogP contribution in [0.3, 0.4) is 0 Å². The molecule has 1 saturated heterocycles. The molecule has 5 heteroatoms. The lowest BCUT2D eigenvalue weighted by atomic mass is 10.0. The molecular weight excluding hydrogens is 374 g/mol. The molecule has 2 aromatic carbocycles. The van der Waals surface area contributed by atoms with Gasteiger partial charge < -0.3 is 14.6 Å². The fourth-order valence-corrected chi connectivity index (χ4v) is 4.73. The van der Waals surface area contributed by atoms with E-state index in [1.54, 1.807) is 0 Å². The van der Waals surface area contributed by atoms with Crippen LogP contribution in [0.4, 0.5) is 0 Å². The average Bonchev–Trinajstić information content (AvgIpc) is 3.16. The van der Waals surface area contributed by atoms with E-state index in [0.29, 0.717) is 0 Å². The molecule has 0 unspecified atom stereocenters. The van der Waals surface area contributed by atoms with E-state index in [4.69, 9.17) is 4.74 Å². The predicted molar refractivity (Wildman–Crippen MR) is 119 cm³/mol. The third kappa shape index (κ3) is 3.70. The number of carbonyl (C=O) groups is 1. The van der Waals surface area contributed by atoms with Gasteiger partial charge >= 0.3 is 0 Å². The normalized spacial score (nSPS) is 19.6. The van der Waals surface area contributed by atoms with Crippen molar-refractivity contribution in [2.75, 3.05) is 13.1 Å². The van der Waals surface area contributed by atoms with Crippen molar-refractivity contribution in [3.63, 3.8) is 0 Å². The Balaban J connectivity index is 1.26. The summed E-state index contributed by atoms with van der Waals surface area (Å²) in [6, 6.07) is 18.9. The lowest BCUT2D eigenvalue weighted by Gasteiger charge is -2.32. The number of likely N-dealkylation sites (tertiary alicyclic amines) is 1. The highest BCUT2D eigenvalue weighted by molar-refractivity contribution is 6.00. The molecule has 0 saturated carbocycles. The Hall–Kier alpha value is -2.79. The number of nitrogens with one attached hydrogen (secondary N) is 1. The molecule has 1 N–H and O–H groups in total. The Bertz CT molecular complexity index is 1040. The summed E-state index contributed by atoms with van der Waals surface area (Å²) in [5, 5.41) is 4.38. The van der Waals surface area contributed by atoms with E-state index in [1.165, 1.54) is 5.56 Å². The van der Waals surface area contributed by atoms with Crippen molar-refractivity contribution in [2.24, 2.45) is 0 Å². The highest BCUT2D eigenvalue weighted by Gasteiger charge is 2.27. The summed E-state index contributed by atoms with van der Waals surface area (Å²) in [7, 11) is 0. The van der Waals surface area contributed by atoms with Crippen LogP contribution < -0.4 is 10.1 Å². The van der Waals surface area contributed by atoms with Gasteiger partial charge in [0.2, 0.25) is 0 Å². The van der Waals surface area contributed by atoms with Crippen molar-refractivity contribution < 1.29 is 9.53 Å². The molecule has 3 heterocycles. The van der Waals surface area contributed by atoms with Gasteiger partial charge in [0.25, 0.3) is 5.91 Å². The molecule has 0 spiro atoms. The fourth-order valence-electron chi connectivity index (χ4n) is 4.73. The molecule has 30 heavy (non-hydrogen) atoms. The van der Waals surface area contributed by atoms with Gasteiger partial charge in [-0.05, 0) is 37.0 Å². The van der Waals surface area contributed by atoms with E-state index in [9.17, 15) is 4.79 Å². The van der Waals surface area contributed by atoms with Gasteiger partial charge in [0.05, 0.1) is 12.1 Å². The van der Waals surface area contributed by atoms with Gasteiger partial charge in [-0.25, -0.2) is 0 Å². The number of amides is 1. The van der Waals surface area contributed by atoms with E-state index in [1.807, 2.05) is 18.2 Å². The Labute approximate surface area is 177 Å². The van der Waals surface area contributed by atoms with Gasteiger partial charge in [-0.15, -0.1) is 0 Å². The van der Waals surface area contributed by atoms with Crippen molar-refractivity contribution in [1.29, 1.82) is 0 Å². The Morgan fingerprint density at radius 1 is 1.10 bits per heavy atom. The molecule has 1 aromatic heterocycles. The van der Waals surface area contributed by atoms with Gasteiger partial charge in [0.1, 0.15) is 17.5 Å². The molecule has 1 amide bonds. The van der Waals surface area contributed by atoms with Crippen LogP contribution in [0.1, 0.15) is 42.2 Å². The Morgan fingerprint density at radius 3 is 2.67 bits per heavy atom. The number of piperidine rings is 1. The molecular formula is C25H29N3O2. The van der Waals surface area contributed by atoms with Crippen molar-refractivity contribution in [3.8, 4) is 5.75 Å². The number of rotatable bonds is 5. The maximum absolute atomic E-state index is 13.2. The van der Waals surface area contributed by atoms with Gasteiger partial charge in [0.15, 0.2) is 0 Å². The van der Waals surface area contributed by atoms with Crippen molar-refractivity contribution in [2.45, 2.75) is 51.4 Å². The van der Waals surface area contributed by atoms with E-state index in [0.717, 1.165) is 67.8 Å². The second-order valence-corrected chi connectivity index (χ2v) is 8.49. The van der Waals surface area contributed by atoms with E-state index in [-0.39, 0.29) is 18.1 Å². The van der Waals surface area contributed by atoms with Gasteiger partial charge in [0, 0.05) is 31.1 Å². The molecule has 2 aliphatic rings. The first-order valence-electron chi connectivity index (χ1n) is 11.1. The van der Waals surface area contributed by atoms with E-state index < -0.39 is 0 Å². The number of para-hydroxylation sites is 1. The highest BCUT2D eigenvalue weighted by Crippen LogP contribution is 2.34. The molecule has 2 aliphatic heterocycles. The first kappa shape index (κ1) is 19.2. The molecule has 5 rings (SSSR count). The molecule has 0 radical (unpaired) electrons. The smallest absolute Gasteiger partial charge is 0.268 e. The monoisotopic (exact) mass is 403 g/mol. The minimum Gasteiger partial charge on any atom is -0.486 e. The number of aromatic nitrogens is 1. The summed E-state index contributed by atoms with van der Waals surface area (Å²) in [6.07, 6.45) is 3.02. The zero-order valence-electron chi connectivity index (χ0n) is 17.5. The van der Waals surface area contributed by atoms with E-state index >= 15 is 0 Å². The third-order valence-electron chi connectivity index (χ3n) is 6.42. The number of nitrogens with zero attached hydrogens (tertiary/aromatic N) is 2. The summed E-state index contributed by atoms with van der Waals surface area (Å²) in [5.74, 6) is 0.925. The molecule has 3 aromatic rings. The van der Waals surface area contributed by atoms with Gasteiger partial charge in [-0.1, -0.05) is 49.4 Å². The molecule has 0 aliphatic carbocycles. The molecule has 5 nitrogen and oxygen atoms in total. The van der Waals surface area contributed by atoms with Crippen LogP contribution in [0.25, 0.3) is 10.9 Å². The minimum atomic E-state index is 0.0374. The summed E-state index contributed by atoms with van der Waals surface area (Å²) in [4.78, 5) is 15.7. The minimum absolute atomic E-state index is 0.0374. The highest BCUT2D eigenvalue weighted by atomic mass is 16.5. The number of hydrogen-bond acceptors (Lipinski definition) is 3. The van der Waals surface area contributed by atoms with Crippen LogP contribution in [-0.4, -0.2) is 40.6 Å². The number of hydrogen-bond donors (Lipinski definition) is 1. The maximum atomic E-state index is 13.2. The number of ether oxygens (including phenoxy) is 1. The lowest BCUT2D eigenvalue weighted by Crippen LogP contribution is -2.45. The summed E-state index contributed by atoms with van der Waals surface area (Å²) in [5.41, 5.74) is 3.15. The van der Waals surface area contributed by atoms with Crippen LogP contribution in [0.5, 0.6) is 5.75 Å². The fraction of sp³-hybridized carbons (Fsp3) is 0.400. The summed E-state index contributed by atoms with van der Waals surface area (Å²) in [6.45, 7) is 5.87. The summed E-state index contributed by atoms with van der Waals surface area (Å²) >= 11 is 0. The van der Waals surface area contributed by atoms with Crippen molar-refractivity contribution >= 4 is 16.8 Å². The molecule has 156 valence electrons. The lowest BCUT2D eigenvalue weighted by molar-refractivity contribution is 0.0893. The topological polar surface area (TPSA) is 46.5 Å². The summed E-state index contributed by atoms with van der Waals surface area (Å²) < 4.78 is 8.25. The largest absolute Gasteiger partial charge is 0.486 e. The van der Waals surface area contributed by atoms with Crippen LogP contribution in [-0.2, 0) is 13.1 Å². The van der Waals surface area contributed by atoms with Crippen molar-refractivity contribution in [1.82, 2.24) is 14.8 Å². The van der Waals surface area contributed by atoms with Crippen LogP contribution in [0, 0.1) is 0 Å². The Kier molecular flexibility index (Phi) is 5.21.